The van der Waals surface area contributed by atoms with Gasteiger partial charge in [0.15, 0.2) is 0 Å². The lowest BCUT2D eigenvalue weighted by Gasteiger charge is -2.10. The second-order valence-corrected chi connectivity index (χ2v) is 7.24. The summed E-state index contributed by atoms with van der Waals surface area (Å²) < 4.78 is 0. The average molecular weight is 420 g/mol. The number of aromatic hydroxyl groups is 2. The van der Waals surface area contributed by atoms with Crippen molar-refractivity contribution in [2.24, 2.45) is 0 Å². The quantitative estimate of drug-likeness (QED) is 0.357. The molecule has 1 heterocycles. The molecule has 0 radical (unpaired) electrons. The standard InChI is InChI=1S/C23H18ClN3O3/c1-13-7-9-14(10-8-13)20-21(16-11-17(24)19(29)12-18(16)28)26-27-22(20)23(30)25-15-5-3-2-4-6-15/h2-12,28-29H,1H3,(H,25,30)(H,26,27). The van der Waals surface area contributed by atoms with E-state index in [9.17, 15) is 15.0 Å². The van der Waals surface area contributed by atoms with Crippen molar-refractivity contribution >= 4 is 23.2 Å². The highest BCUT2D eigenvalue weighted by molar-refractivity contribution is 6.32. The molecule has 0 aliphatic heterocycles. The highest BCUT2D eigenvalue weighted by Crippen LogP contribution is 2.41. The van der Waals surface area contributed by atoms with E-state index in [2.05, 4.69) is 15.5 Å². The van der Waals surface area contributed by atoms with Crippen LogP contribution in [0.1, 0.15) is 16.1 Å². The molecule has 7 heteroatoms. The lowest BCUT2D eigenvalue weighted by atomic mass is 9.97. The number of halogens is 1. The van der Waals surface area contributed by atoms with Crippen molar-refractivity contribution in [1.29, 1.82) is 0 Å². The summed E-state index contributed by atoms with van der Waals surface area (Å²) in [7, 11) is 0. The predicted octanol–water partition coefficient (Wildman–Crippen LogP) is 5.37. The number of anilines is 1. The number of carbonyl (C=O) groups excluding carboxylic acids is 1. The first-order valence-corrected chi connectivity index (χ1v) is 9.55. The Bertz CT molecular complexity index is 1220. The smallest absolute Gasteiger partial charge is 0.274 e. The number of aromatic amines is 1. The summed E-state index contributed by atoms with van der Waals surface area (Å²) in [5.74, 6) is -0.820. The number of phenolic OH excluding ortho intramolecular Hbond substituents is 2. The van der Waals surface area contributed by atoms with Crippen molar-refractivity contribution in [3.63, 3.8) is 0 Å². The van der Waals surface area contributed by atoms with Gasteiger partial charge in [-0.1, -0.05) is 59.6 Å². The van der Waals surface area contributed by atoms with Crippen LogP contribution < -0.4 is 5.32 Å². The van der Waals surface area contributed by atoms with Gasteiger partial charge in [0, 0.05) is 22.9 Å². The predicted molar refractivity (Wildman–Crippen MR) is 117 cm³/mol. The number of para-hydroxylation sites is 1. The molecule has 1 amide bonds. The first-order chi connectivity index (χ1) is 14.4. The van der Waals surface area contributed by atoms with Crippen LogP contribution in [-0.2, 0) is 0 Å². The maximum Gasteiger partial charge on any atom is 0.274 e. The average Bonchev–Trinajstić information content (AvgIpc) is 3.17. The number of benzene rings is 3. The zero-order valence-corrected chi connectivity index (χ0v) is 16.7. The van der Waals surface area contributed by atoms with Crippen LogP contribution in [0.15, 0.2) is 66.7 Å². The van der Waals surface area contributed by atoms with Gasteiger partial charge in [-0.2, -0.15) is 5.10 Å². The van der Waals surface area contributed by atoms with Crippen LogP contribution in [0, 0.1) is 6.92 Å². The third-order valence-corrected chi connectivity index (χ3v) is 4.99. The van der Waals surface area contributed by atoms with E-state index in [1.807, 2.05) is 49.4 Å². The summed E-state index contributed by atoms with van der Waals surface area (Å²) in [5.41, 5.74) is 3.84. The molecule has 150 valence electrons. The number of phenols is 2. The maximum atomic E-state index is 13.0. The molecule has 0 aliphatic rings. The van der Waals surface area contributed by atoms with E-state index >= 15 is 0 Å². The molecule has 0 saturated carbocycles. The summed E-state index contributed by atoms with van der Waals surface area (Å²) in [6.45, 7) is 1.97. The molecule has 0 aliphatic carbocycles. The van der Waals surface area contributed by atoms with E-state index in [1.54, 1.807) is 12.1 Å². The van der Waals surface area contributed by atoms with Gasteiger partial charge in [-0.05, 0) is 30.7 Å². The van der Waals surface area contributed by atoms with Crippen LogP contribution in [0.3, 0.4) is 0 Å². The van der Waals surface area contributed by atoms with Gasteiger partial charge >= 0.3 is 0 Å². The number of hydrogen-bond acceptors (Lipinski definition) is 4. The number of aromatic nitrogens is 2. The SMILES string of the molecule is Cc1ccc(-c2c(-c3cc(Cl)c(O)cc3O)n[nH]c2C(=O)Nc2ccccc2)cc1. The van der Waals surface area contributed by atoms with E-state index in [0.717, 1.165) is 17.2 Å². The monoisotopic (exact) mass is 419 g/mol. The molecular weight excluding hydrogens is 402 g/mol. The normalized spacial score (nSPS) is 10.7. The second kappa shape index (κ2) is 7.93. The van der Waals surface area contributed by atoms with Crippen molar-refractivity contribution in [3.05, 3.63) is 83.0 Å². The second-order valence-electron chi connectivity index (χ2n) is 6.83. The highest BCUT2D eigenvalue weighted by Gasteiger charge is 2.24. The highest BCUT2D eigenvalue weighted by atomic mass is 35.5. The molecule has 0 atom stereocenters. The Labute approximate surface area is 177 Å². The lowest BCUT2D eigenvalue weighted by Crippen LogP contribution is -2.13. The van der Waals surface area contributed by atoms with Gasteiger partial charge < -0.3 is 15.5 Å². The number of H-pyrrole nitrogens is 1. The summed E-state index contributed by atoms with van der Waals surface area (Å²) in [6, 6.07) is 19.2. The van der Waals surface area contributed by atoms with E-state index in [4.69, 9.17) is 11.6 Å². The molecule has 1 aromatic heterocycles. The fraction of sp³-hybridized carbons (Fsp3) is 0.0435. The largest absolute Gasteiger partial charge is 0.507 e. The van der Waals surface area contributed by atoms with E-state index in [1.165, 1.54) is 6.07 Å². The molecule has 0 fully saturated rings. The van der Waals surface area contributed by atoms with Crippen molar-refractivity contribution in [3.8, 4) is 33.9 Å². The van der Waals surface area contributed by atoms with Crippen LogP contribution in [0.4, 0.5) is 5.69 Å². The number of amides is 1. The molecule has 4 rings (SSSR count). The molecule has 0 bridgehead atoms. The van der Waals surface area contributed by atoms with Gasteiger partial charge in [-0.15, -0.1) is 0 Å². The van der Waals surface area contributed by atoms with Gasteiger partial charge in [0.2, 0.25) is 0 Å². The van der Waals surface area contributed by atoms with Crippen molar-refractivity contribution in [2.45, 2.75) is 6.92 Å². The van der Waals surface area contributed by atoms with Crippen LogP contribution in [0.5, 0.6) is 11.5 Å². The third kappa shape index (κ3) is 3.73. The third-order valence-electron chi connectivity index (χ3n) is 4.69. The van der Waals surface area contributed by atoms with E-state index < -0.39 is 0 Å². The summed E-state index contributed by atoms with van der Waals surface area (Å²) in [5, 5.41) is 30.1. The summed E-state index contributed by atoms with van der Waals surface area (Å²) >= 11 is 6.05. The van der Waals surface area contributed by atoms with Crippen molar-refractivity contribution in [2.75, 3.05) is 5.32 Å². The van der Waals surface area contributed by atoms with Gasteiger partial charge in [0.25, 0.3) is 5.91 Å². The Balaban J connectivity index is 1.87. The number of carbonyl (C=O) groups is 1. The number of nitrogens with one attached hydrogen (secondary N) is 2. The van der Waals surface area contributed by atoms with Gasteiger partial charge in [-0.3, -0.25) is 9.89 Å². The molecule has 6 nitrogen and oxygen atoms in total. The lowest BCUT2D eigenvalue weighted by molar-refractivity contribution is 0.102. The van der Waals surface area contributed by atoms with E-state index in [-0.39, 0.29) is 28.1 Å². The van der Waals surface area contributed by atoms with Gasteiger partial charge in [0.1, 0.15) is 22.9 Å². The minimum absolute atomic E-state index is 0.0657. The summed E-state index contributed by atoms with van der Waals surface area (Å²) in [6.07, 6.45) is 0. The minimum Gasteiger partial charge on any atom is -0.507 e. The zero-order valence-electron chi connectivity index (χ0n) is 16.0. The molecule has 3 aromatic carbocycles. The number of nitrogens with zero attached hydrogens (tertiary/aromatic N) is 1. The Kier molecular flexibility index (Phi) is 5.16. The molecule has 4 aromatic rings. The number of hydrogen-bond donors (Lipinski definition) is 4. The Morgan fingerprint density at radius 3 is 2.40 bits per heavy atom. The van der Waals surface area contributed by atoms with Crippen molar-refractivity contribution < 1.29 is 15.0 Å². The van der Waals surface area contributed by atoms with Crippen molar-refractivity contribution in [1.82, 2.24) is 10.2 Å². The fourth-order valence-corrected chi connectivity index (χ4v) is 3.32. The van der Waals surface area contributed by atoms with Crippen LogP contribution >= 0.6 is 11.6 Å². The van der Waals surface area contributed by atoms with Crippen LogP contribution in [0.2, 0.25) is 5.02 Å². The molecule has 0 spiro atoms. The van der Waals surface area contributed by atoms with Crippen LogP contribution in [-0.4, -0.2) is 26.3 Å². The van der Waals surface area contributed by atoms with Gasteiger partial charge in [-0.25, -0.2) is 0 Å². The first-order valence-electron chi connectivity index (χ1n) is 9.17. The number of aryl methyl sites for hydroxylation is 1. The fourth-order valence-electron chi connectivity index (χ4n) is 3.16. The molecule has 30 heavy (non-hydrogen) atoms. The summed E-state index contributed by atoms with van der Waals surface area (Å²) in [4.78, 5) is 13.0. The number of rotatable bonds is 4. The Morgan fingerprint density at radius 2 is 1.70 bits per heavy atom. The van der Waals surface area contributed by atoms with Gasteiger partial charge in [0.05, 0.1) is 5.02 Å². The Morgan fingerprint density at radius 1 is 1.00 bits per heavy atom. The Hall–Kier alpha value is -3.77. The van der Waals surface area contributed by atoms with E-state index in [0.29, 0.717) is 22.5 Å². The maximum absolute atomic E-state index is 13.0. The topological polar surface area (TPSA) is 98.2 Å². The first kappa shape index (κ1) is 19.5. The molecule has 4 N–H and O–H groups in total. The molecule has 0 saturated heterocycles. The zero-order chi connectivity index (χ0) is 21.3. The molecular formula is C23H18ClN3O3. The minimum atomic E-state index is -0.375. The van der Waals surface area contributed by atoms with Crippen LogP contribution in [0.25, 0.3) is 22.4 Å². The molecule has 0 unspecified atom stereocenters.